The van der Waals surface area contributed by atoms with Gasteiger partial charge in [-0.25, -0.2) is 4.98 Å². The maximum atomic E-state index is 10.9. The Balaban J connectivity index is 2.25. The molecule has 0 aliphatic heterocycles. The zero-order chi connectivity index (χ0) is 13.8. The molecule has 0 fully saturated rings. The first kappa shape index (κ1) is 12.7. The van der Waals surface area contributed by atoms with E-state index in [0.717, 1.165) is 5.69 Å². The highest BCUT2D eigenvalue weighted by Crippen LogP contribution is 2.28. The van der Waals surface area contributed by atoms with Gasteiger partial charge in [-0.1, -0.05) is 0 Å². The number of aromatic nitrogens is 2. The molecular formula is C12H11N3O4. The van der Waals surface area contributed by atoms with E-state index in [1.807, 2.05) is 0 Å². The quantitative estimate of drug-likeness (QED) is 0.464. The van der Waals surface area contributed by atoms with Crippen molar-refractivity contribution in [1.29, 1.82) is 0 Å². The average Bonchev–Trinajstić information content (AvgIpc) is 2.81. The number of aldehydes is 1. The van der Waals surface area contributed by atoms with Gasteiger partial charge in [-0.05, 0) is 12.1 Å². The Hall–Kier alpha value is -2.70. The molecule has 0 N–H and O–H groups in total. The summed E-state index contributed by atoms with van der Waals surface area (Å²) in [4.78, 5) is 24.9. The number of hydrogen-bond acceptors (Lipinski definition) is 5. The highest BCUT2D eigenvalue weighted by Gasteiger charge is 2.16. The van der Waals surface area contributed by atoms with Crippen LogP contribution >= 0.6 is 0 Å². The van der Waals surface area contributed by atoms with E-state index < -0.39 is 4.92 Å². The monoisotopic (exact) mass is 261 g/mol. The van der Waals surface area contributed by atoms with Gasteiger partial charge in [-0.15, -0.1) is 0 Å². The van der Waals surface area contributed by atoms with Crippen LogP contribution in [0.25, 0.3) is 0 Å². The number of rotatable bonds is 5. The Labute approximate surface area is 108 Å². The zero-order valence-electron chi connectivity index (χ0n) is 10.1. The Morgan fingerprint density at radius 2 is 2.32 bits per heavy atom. The maximum absolute atomic E-state index is 10.9. The minimum atomic E-state index is -0.548. The Morgan fingerprint density at radius 3 is 2.89 bits per heavy atom. The van der Waals surface area contributed by atoms with E-state index >= 15 is 0 Å². The van der Waals surface area contributed by atoms with Crippen LogP contribution in [-0.4, -0.2) is 20.8 Å². The fraction of sp³-hybridized carbons (Fsp3) is 0.167. The summed E-state index contributed by atoms with van der Waals surface area (Å²) in [6, 6.07) is 3.98. The predicted molar refractivity (Wildman–Crippen MR) is 66.0 cm³/mol. The molecule has 7 nitrogen and oxygen atoms in total. The van der Waals surface area contributed by atoms with Crippen molar-refractivity contribution in [3.63, 3.8) is 0 Å². The second-order valence-corrected chi connectivity index (χ2v) is 3.89. The number of benzene rings is 1. The number of nitrogens with zero attached hydrogens (tertiary/aromatic N) is 3. The lowest BCUT2D eigenvalue weighted by atomic mass is 10.2. The third kappa shape index (κ3) is 2.76. The molecule has 19 heavy (non-hydrogen) atoms. The Morgan fingerprint density at radius 1 is 1.53 bits per heavy atom. The predicted octanol–water partition coefficient (Wildman–Crippen LogP) is 1.72. The van der Waals surface area contributed by atoms with Crippen LogP contribution in [0.2, 0.25) is 0 Å². The fourth-order valence-corrected chi connectivity index (χ4v) is 1.55. The van der Waals surface area contributed by atoms with Gasteiger partial charge in [0, 0.05) is 18.7 Å². The molecule has 0 saturated carbocycles. The average molecular weight is 261 g/mol. The minimum Gasteiger partial charge on any atom is -0.480 e. The van der Waals surface area contributed by atoms with E-state index in [1.54, 1.807) is 24.1 Å². The molecular weight excluding hydrogens is 250 g/mol. The van der Waals surface area contributed by atoms with Gasteiger partial charge < -0.3 is 9.30 Å². The molecule has 0 spiro atoms. The van der Waals surface area contributed by atoms with Crippen molar-refractivity contribution in [3.05, 3.63) is 52.1 Å². The molecule has 0 aliphatic carbocycles. The topological polar surface area (TPSA) is 87.3 Å². The number of carbonyl (C=O) groups is 1. The van der Waals surface area contributed by atoms with Crippen LogP contribution in [0.15, 0.2) is 30.7 Å². The third-order valence-corrected chi connectivity index (χ3v) is 2.61. The summed E-state index contributed by atoms with van der Waals surface area (Å²) < 4.78 is 7.15. The lowest BCUT2D eigenvalue weighted by Crippen LogP contribution is -2.03. The molecule has 1 aromatic heterocycles. The summed E-state index contributed by atoms with van der Waals surface area (Å²) in [6.07, 6.45) is 3.82. The van der Waals surface area contributed by atoms with Crippen molar-refractivity contribution in [1.82, 2.24) is 9.55 Å². The Kier molecular flexibility index (Phi) is 3.56. The molecule has 1 aromatic carbocycles. The molecule has 1 heterocycles. The lowest BCUT2D eigenvalue weighted by Gasteiger charge is -2.07. The number of ether oxygens (including phenoxy) is 1. The third-order valence-electron chi connectivity index (χ3n) is 2.61. The van der Waals surface area contributed by atoms with Crippen LogP contribution in [0.4, 0.5) is 5.69 Å². The number of hydrogen-bond donors (Lipinski definition) is 0. The molecule has 0 atom stereocenters. The van der Waals surface area contributed by atoms with Crippen LogP contribution in [-0.2, 0) is 13.7 Å². The van der Waals surface area contributed by atoms with E-state index in [9.17, 15) is 14.9 Å². The van der Waals surface area contributed by atoms with E-state index in [2.05, 4.69) is 4.98 Å². The summed E-state index contributed by atoms with van der Waals surface area (Å²) >= 11 is 0. The van der Waals surface area contributed by atoms with Crippen LogP contribution in [0, 0.1) is 10.1 Å². The van der Waals surface area contributed by atoms with Gasteiger partial charge in [0.25, 0.3) is 0 Å². The number of carbonyl (C=O) groups excluding carboxylic acids is 1. The summed E-state index contributed by atoms with van der Waals surface area (Å²) in [5.74, 6) is 0.0656. The van der Waals surface area contributed by atoms with Gasteiger partial charge in [0.1, 0.15) is 12.9 Å². The van der Waals surface area contributed by atoms with Crippen molar-refractivity contribution >= 4 is 12.0 Å². The molecule has 0 aliphatic rings. The first-order valence-electron chi connectivity index (χ1n) is 5.43. The molecule has 0 amide bonds. The summed E-state index contributed by atoms with van der Waals surface area (Å²) in [5.41, 5.74) is 0.921. The number of nitro benzene ring substituents is 1. The molecule has 0 unspecified atom stereocenters. The SMILES string of the molecule is Cn1cncc1COc1cc(C=O)ccc1[N+](=O)[O-]. The highest BCUT2D eigenvalue weighted by atomic mass is 16.6. The zero-order valence-corrected chi connectivity index (χ0v) is 10.1. The van der Waals surface area contributed by atoms with Gasteiger partial charge in [-0.3, -0.25) is 14.9 Å². The summed E-state index contributed by atoms with van der Waals surface area (Å²) in [6.45, 7) is 0.139. The van der Waals surface area contributed by atoms with Crippen molar-refractivity contribution in [2.75, 3.05) is 0 Å². The van der Waals surface area contributed by atoms with Crippen molar-refractivity contribution in [3.8, 4) is 5.75 Å². The second-order valence-electron chi connectivity index (χ2n) is 3.89. The largest absolute Gasteiger partial charge is 0.480 e. The molecule has 2 rings (SSSR count). The first-order chi connectivity index (χ1) is 9.11. The van der Waals surface area contributed by atoms with Crippen LogP contribution in [0.3, 0.4) is 0 Å². The van der Waals surface area contributed by atoms with E-state index in [4.69, 9.17) is 4.74 Å². The molecule has 0 bridgehead atoms. The standard InChI is InChI=1S/C12H11N3O4/c1-14-8-13-5-10(14)7-19-12-4-9(6-16)2-3-11(12)15(17)18/h2-6,8H,7H2,1H3. The van der Waals surface area contributed by atoms with Crippen LogP contribution in [0.1, 0.15) is 16.1 Å². The van der Waals surface area contributed by atoms with Crippen molar-refractivity contribution in [2.45, 2.75) is 6.61 Å². The van der Waals surface area contributed by atoms with E-state index in [-0.39, 0.29) is 18.0 Å². The van der Waals surface area contributed by atoms with Gasteiger partial charge in [0.05, 0.1) is 23.1 Å². The lowest BCUT2D eigenvalue weighted by molar-refractivity contribution is -0.386. The fourth-order valence-electron chi connectivity index (χ4n) is 1.55. The number of aryl methyl sites for hydroxylation is 1. The van der Waals surface area contributed by atoms with E-state index in [0.29, 0.717) is 11.8 Å². The van der Waals surface area contributed by atoms with E-state index in [1.165, 1.54) is 18.2 Å². The number of imidazole rings is 1. The normalized spacial score (nSPS) is 10.2. The highest BCUT2D eigenvalue weighted by molar-refractivity contribution is 5.76. The van der Waals surface area contributed by atoms with Crippen molar-refractivity contribution < 1.29 is 14.5 Å². The van der Waals surface area contributed by atoms with Gasteiger partial charge in [0.15, 0.2) is 5.75 Å². The summed E-state index contributed by atoms with van der Waals surface area (Å²) in [5, 5.41) is 10.9. The molecule has 0 saturated heterocycles. The van der Waals surface area contributed by atoms with Gasteiger partial charge >= 0.3 is 5.69 Å². The molecule has 2 aromatic rings. The van der Waals surface area contributed by atoms with Crippen LogP contribution in [0.5, 0.6) is 5.75 Å². The number of nitro groups is 1. The first-order valence-corrected chi connectivity index (χ1v) is 5.43. The molecule has 7 heteroatoms. The smallest absolute Gasteiger partial charge is 0.310 e. The van der Waals surface area contributed by atoms with Gasteiger partial charge in [-0.2, -0.15) is 0 Å². The summed E-state index contributed by atoms with van der Waals surface area (Å²) in [7, 11) is 1.79. The molecule has 98 valence electrons. The second kappa shape index (κ2) is 5.30. The van der Waals surface area contributed by atoms with Crippen molar-refractivity contribution in [2.24, 2.45) is 7.05 Å². The van der Waals surface area contributed by atoms with Crippen LogP contribution < -0.4 is 4.74 Å². The Bertz CT molecular complexity index is 621. The minimum absolute atomic E-state index is 0.0656. The molecule has 0 radical (unpaired) electrons. The maximum Gasteiger partial charge on any atom is 0.310 e. The van der Waals surface area contributed by atoms with Gasteiger partial charge in [0.2, 0.25) is 0 Å².